The molecule has 0 nitrogen and oxygen atoms in total. The Morgan fingerprint density at radius 2 is 0.200 bits per heavy atom. The summed E-state index contributed by atoms with van der Waals surface area (Å²) in [6.07, 6.45) is 0. The fourth-order valence-electron chi connectivity index (χ4n) is 0. The zero-order chi connectivity index (χ0) is 10.2. The summed E-state index contributed by atoms with van der Waals surface area (Å²) in [4.78, 5) is 0. The molecule has 0 fully saturated rings. The zero-order valence-electron chi connectivity index (χ0n) is 16.6. The van der Waals surface area contributed by atoms with E-state index >= 15 is 0 Å². The Bertz CT molecular complexity index is 188. The third-order valence-corrected chi connectivity index (χ3v) is 0.750. The van der Waals surface area contributed by atoms with E-state index < -0.39 is 0 Å². The van der Waals surface area contributed by atoms with Crippen LogP contribution in [-0.4, -0.2) is 0 Å². The van der Waals surface area contributed by atoms with E-state index in [0.29, 0.717) is 0 Å². The summed E-state index contributed by atoms with van der Waals surface area (Å²) >= 11 is 0. The normalized spacial score (nSPS) is 1.20. The van der Waals surface area contributed by atoms with E-state index in [1.54, 1.807) is 0 Å². The van der Waals surface area contributed by atoms with Crippen molar-refractivity contribution in [1.82, 2.24) is 0 Å². The Morgan fingerprint density at radius 3 is 0.200 bits per heavy atom. The summed E-state index contributed by atoms with van der Waals surface area (Å²) in [5, 5.41) is 0. The van der Waals surface area contributed by atoms with E-state index in [1.165, 1.54) is 0 Å². The number of rotatable bonds is 0. The van der Waals surface area contributed by atoms with Crippen LogP contribution in [0.4, 0.5) is 0 Å². The monoisotopic (exact) mass is 1120 g/mol. The molecule has 0 aromatic rings. The van der Waals surface area contributed by atoms with E-state index in [2.05, 4.69) is 35.5 Å². The minimum absolute atomic E-state index is 0. The van der Waals surface area contributed by atoms with Crippen LogP contribution in [0.15, 0.2) is 0 Å². The molecule has 199 valence electrons. The second-order valence-corrected chi connectivity index (χ2v) is 1.50. The van der Waals surface area contributed by atoms with Crippen molar-refractivity contribution in [2.45, 2.75) is 86.1 Å². The Labute approximate surface area is 428 Å². The summed E-state index contributed by atoms with van der Waals surface area (Å²) in [6.45, 7) is 10.9. The van der Waals surface area contributed by atoms with E-state index in [1.807, 2.05) is 41.5 Å². The van der Waals surface area contributed by atoms with Gasteiger partial charge in [0.05, 0.1) is 0 Å². The first-order valence-corrected chi connectivity index (χ1v) is 3.75. The summed E-state index contributed by atoms with van der Waals surface area (Å²) < 4.78 is 0. The smallest absolute Gasteiger partial charge is 0 e. The summed E-state index contributed by atoms with van der Waals surface area (Å²) in [6, 6.07) is 0. The fourth-order valence-corrected chi connectivity index (χ4v) is 0. The van der Waals surface area contributed by atoms with Crippen LogP contribution in [0, 0.1) is 35.5 Å². The Morgan fingerprint density at radius 1 is 0.171 bits per heavy atom. The van der Waals surface area contributed by atoms with E-state index in [0.717, 1.165) is 0 Å². The van der Waals surface area contributed by atoms with E-state index in [9.17, 15) is 0 Å². The largest absolute Gasteiger partial charge is 0.107 e. The van der Waals surface area contributed by atoms with Crippen LogP contribution in [0.1, 0.15) is 86.1 Å². The average Bonchev–Trinajstić information content (AvgIpc) is 2.18. The van der Waals surface area contributed by atoms with Gasteiger partial charge in [-0.1, -0.05) is 44.6 Å². The van der Waals surface area contributed by atoms with Crippen LogP contribution in [0.2, 0.25) is 0 Å². The molecule has 35 heavy (non-hydrogen) atoms. The molecule has 0 bridgehead atoms. The van der Waals surface area contributed by atoms with Gasteiger partial charge in [-0.2, -0.15) is 0 Å². The van der Waals surface area contributed by atoms with Crippen molar-refractivity contribution < 1.29 is 315 Å². The standard InChI is InChI=1S/3C4H6.6CH4.17V/c3*1-3-4-2;;;;;;;;;;;;;;;;;;;;;;;/h3*1-2H3;6*1H4;;;;;;;;;;;;;;;;;. The fraction of sp³-hybridized carbons (Fsp3) is 0.667. The Balaban J connectivity index is -0.00000000109. The molecule has 0 aliphatic rings. The molecule has 0 aromatic heterocycles. The van der Waals surface area contributed by atoms with Gasteiger partial charge in [-0.3, -0.25) is 0 Å². The molecule has 0 amide bonds. The zero-order valence-corrected chi connectivity index (χ0v) is 40.3. The minimum Gasteiger partial charge on any atom is -0.107 e. The van der Waals surface area contributed by atoms with Crippen molar-refractivity contribution in [3.63, 3.8) is 0 Å². The first-order valence-electron chi connectivity index (χ1n) is 3.75. The van der Waals surface area contributed by atoms with Crippen LogP contribution >= 0.6 is 0 Å². The van der Waals surface area contributed by atoms with Gasteiger partial charge in [-0.15, -0.1) is 35.5 Å². The summed E-state index contributed by atoms with van der Waals surface area (Å²) in [5.74, 6) is 16.1. The average molecular weight is 1120 g/mol. The molecule has 0 unspecified atom stereocenters. The van der Waals surface area contributed by atoms with Gasteiger partial charge in [-0.05, 0) is 41.5 Å². The third-order valence-electron chi connectivity index (χ3n) is 0.750. The predicted molar refractivity (Wildman–Crippen MR) is 97.8 cm³/mol. The minimum atomic E-state index is 0. The van der Waals surface area contributed by atoms with E-state index in [4.69, 9.17) is 0 Å². The maximum absolute atomic E-state index is 2.68. The van der Waals surface area contributed by atoms with Crippen LogP contribution < -0.4 is 0 Å². The van der Waals surface area contributed by atoms with Gasteiger partial charge in [-0.25, -0.2) is 0 Å². The summed E-state index contributed by atoms with van der Waals surface area (Å²) in [5.41, 5.74) is 0. The first kappa shape index (κ1) is 255. The molecular formula is C18H42V17. The van der Waals surface area contributed by atoms with Crippen molar-refractivity contribution >= 4 is 0 Å². The molecule has 0 atom stereocenters. The van der Waals surface area contributed by atoms with Gasteiger partial charge in [0.1, 0.15) is 0 Å². The van der Waals surface area contributed by atoms with Gasteiger partial charge in [0, 0.05) is 315 Å². The van der Waals surface area contributed by atoms with Crippen LogP contribution in [-0.2, 0) is 315 Å². The predicted octanol–water partition coefficient (Wildman–Crippen LogP) is 6.86. The molecular weight excluding hydrogens is 1080 g/mol. The van der Waals surface area contributed by atoms with Crippen LogP contribution in [0.25, 0.3) is 0 Å². The first-order chi connectivity index (χ1) is 5.74. The second kappa shape index (κ2) is 346. The molecule has 0 aromatic carbocycles. The molecule has 0 N–H and O–H groups in total. The third kappa shape index (κ3) is 521. The van der Waals surface area contributed by atoms with Crippen molar-refractivity contribution in [3.05, 3.63) is 0 Å². The Hall–Kier alpha value is 8.62. The summed E-state index contributed by atoms with van der Waals surface area (Å²) in [7, 11) is 0. The molecule has 17 radical (unpaired) electrons. The van der Waals surface area contributed by atoms with Crippen LogP contribution in [0.3, 0.4) is 0 Å². The number of hydrogen-bond donors (Lipinski definition) is 0. The quantitative estimate of drug-likeness (QED) is 0.233. The maximum atomic E-state index is 2.68. The maximum Gasteiger partial charge on any atom is 0 e. The van der Waals surface area contributed by atoms with Crippen molar-refractivity contribution in [1.29, 1.82) is 0 Å². The van der Waals surface area contributed by atoms with Gasteiger partial charge >= 0.3 is 0 Å². The molecule has 0 saturated carbocycles. The van der Waals surface area contributed by atoms with Gasteiger partial charge < -0.3 is 0 Å². The van der Waals surface area contributed by atoms with Gasteiger partial charge in [0.2, 0.25) is 0 Å². The van der Waals surface area contributed by atoms with Crippen LogP contribution in [0.5, 0.6) is 0 Å². The van der Waals surface area contributed by atoms with Gasteiger partial charge in [0.25, 0.3) is 0 Å². The van der Waals surface area contributed by atoms with Crippen molar-refractivity contribution in [2.75, 3.05) is 0 Å². The molecule has 0 spiro atoms. The molecule has 0 heterocycles. The molecule has 17 heteroatoms. The number of hydrogen-bond acceptors (Lipinski definition) is 0. The van der Waals surface area contributed by atoms with Crippen molar-refractivity contribution in [2.24, 2.45) is 0 Å². The SMILES string of the molecule is C.C.C.C.C.C.CC#CC.CC#CC.CC#CC.[V].[V].[V].[V].[V].[V].[V].[V].[V].[V].[V].[V].[V].[V].[V].[V].[V]. The topological polar surface area (TPSA) is 0 Å². The molecule has 0 saturated heterocycles. The second-order valence-electron chi connectivity index (χ2n) is 1.50. The molecule has 0 rings (SSSR count). The van der Waals surface area contributed by atoms with Gasteiger partial charge in [0.15, 0.2) is 0 Å². The Kier molecular flexibility index (Phi) is 2520. The van der Waals surface area contributed by atoms with E-state index in [-0.39, 0.29) is 360 Å². The van der Waals surface area contributed by atoms with Crippen molar-refractivity contribution in [3.8, 4) is 35.5 Å². The molecule has 0 aliphatic carbocycles. The molecule has 0 aliphatic heterocycles.